The molecular weight excluding hydrogens is 300 g/mol. The van der Waals surface area contributed by atoms with Crippen molar-refractivity contribution in [2.75, 3.05) is 12.9 Å². The minimum atomic E-state index is -0.346. The highest BCUT2D eigenvalue weighted by Crippen LogP contribution is 2.14. The summed E-state index contributed by atoms with van der Waals surface area (Å²) in [6.07, 6.45) is 0.246. The fraction of sp³-hybridized carbons (Fsp3) is 0.417. The molecule has 0 aliphatic carbocycles. The van der Waals surface area contributed by atoms with Crippen LogP contribution in [0.15, 0.2) is 17.5 Å². The summed E-state index contributed by atoms with van der Waals surface area (Å²) >= 11 is 2.61. The number of hydrazine groups is 1. The average Bonchev–Trinajstić information content (AvgIpc) is 2.96. The third-order valence-electron chi connectivity index (χ3n) is 2.24. The summed E-state index contributed by atoms with van der Waals surface area (Å²) < 4.78 is 4.54. The van der Waals surface area contributed by atoms with Gasteiger partial charge in [0.25, 0.3) is 5.91 Å². The maximum Gasteiger partial charge on any atom is 0.306 e. The first-order valence-corrected chi connectivity index (χ1v) is 7.77. The normalized spacial score (nSPS) is 11.5. The maximum atomic E-state index is 11.5. The Balaban J connectivity index is 2.20. The lowest BCUT2D eigenvalue weighted by Crippen LogP contribution is -2.42. The number of rotatable bonds is 6. The zero-order valence-corrected chi connectivity index (χ0v) is 12.8. The summed E-state index contributed by atoms with van der Waals surface area (Å²) in [7, 11) is 1.33. The van der Waals surface area contributed by atoms with E-state index in [9.17, 15) is 14.4 Å². The smallest absolute Gasteiger partial charge is 0.306 e. The van der Waals surface area contributed by atoms with E-state index in [0.29, 0.717) is 4.88 Å². The third-order valence-corrected chi connectivity index (χ3v) is 4.27. The summed E-state index contributed by atoms with van der Waals surface area (Å²) in [6.45, 7) is 1.83. The zero-order chi connectivity index (χ0) is 15.0. The topological polar surface area (TPSA) is 84.5 Å². The maximum absolute atomic E-state index is 11.5. The van der Waals surface area contributed by atoms with E-state index in [4.69, 9.17) is 0 Å². The predicted molar refractivity (Wildman–Crippen MR) is 78.5 cm³/mol. The molecule has 1 aromatic heterocycles. The summed E-state index contributed by atoms with van der Waals surface area (Å²) in [5.74, 6) is -0.822. The fourth-order valence-corrected chi connectivity index (χ4v) is 2.61. The molecule has 0 aromatic carbocycles. The van der Waals surface area contributed by atoms with Crippen molar-refractivity contribution < 1.29 is 19.1 Å². The number of hydrogen-bond donors (Lipinski definition) is 2. The van der Waals surface area contributed by atoms with Crippen LogP contribution in [-0.2, 0) is 14.3 Å². The lowest BCUT2D eigenvalue weighted by atomic mass is 10.3. The molecule has 1 rings (SSSR count). The lowest BCUT2D eigenvalue weighted by Gasteiger charge is -2.10. The van der Waals surface area contributed by atoms with Crippen LogP contribution in [0.25, 0.3) is 0 Å². The van der Waals surface area contributed by atoms with Gasteiger partial charge in [0.2, 0.25) is 5.91 Å². The number of carbonyl (C=O) groups is 3. The number of nitrogens with one attached hydrogen (secondary N) is 2. The Morgan fingerprint density at radius 3 is 2.75 bits per heavy atom. The first-order valence-electron chi connectivity index (χ1n) is 5.84. The predicted octanol–water partition coefficient (Wildman–Crippen LogP) is 1.19. The monoisotopic (exact) mass is 316 g/mol. The molecule has 1 atom stereocenters. The molecule has 2 N–H and O–H groups in total. The van der Waals surface area contributed by atoms with Crippen LogP contribution in [0.2, 0.25) is 0 Å². The summed E-state index contributed by atoms with van der Waals surface area (Å²) in [5, 5.41) is 1.75. The highest BCUT2D eigenvalue weighted by atomic mass is 32.2. The van der Waals surface area contributed by atoms with Crippen LogP contribution in [0.1, 0.15) is 23.0 Å². The number of hydrogen-bond acceptors (Lipinski definition) is 6. The van der Waals surface area contributed by atoms with Gasteiger partial charge in [-0.25, -0.2) is 0 Å². The van der Waals surface area contributed by atoms with Gasteiger partial charge >= 0.3 is 5.97 Å². The largest absolute Gasteiger partial charge is 0.469 e. The van der Waals surface area contributed by atoms with Crippen molar-refractivity contribution in [2.45, 2.75) is 18.6 Å². The number of esters is 1. The Labute approximate surface area is 125 Å². The van der Waals surface area contributed by atoms with Crippen LogP contribution in [0.3, 0.4) is 0 Å². The quantitative estimate of drug-likeness (QED) is 0.608. The Morgan fingerprint density at radius 1 is 1.40 bits per heavy atom. The van der Waals surface area contributed by atoms with Gasteiger partial charge in [-0.2, -0.15) is 0 Å². The number of ether oxygens (including phenoxy) is 1. The number of carbonyl (C=O) groups excluding carboxylic acids is 3. The molecule has 0 spiro atoms. The second-order valence-corrected chi connectivity index (χ2v) is 6.26. The second kappa shape index (κ2) is 8.60. The Morgan fingerprint density at radius 2 is 2.15 bits per heavy atom. The van der Waals surface area contributed by atoms with Gasteiger partial charge in [0.1, 0.15) is 0 Å². The van der Waals surface area contributed by atoms with Gasteiger partial charge in [-0.05, 0) is 11.4 Å². The average molecular weight is 316 g/mol. The minimum absolute atomic E-state index is 0.0267. The van der Waals surface area contributed by atoms with Crippen molar-refractivity contribution in [3.8, 4) is 0 Å². The Hall–Kier alpha value is -1.54. The fourth-order valence-electron chi connectivity index (χ4n) is 1.23. The third kappa shape index (κ3) is 6.07. The van der Waals surface area contributed by atoms with Crippen LogP contribution in [0.5, 0.6) is 0 Å². The molecule has 0 saturated carbocycles. The van der Waals surface area contributed by atoms with E-state index < -0.39 is 0 Å². The van der Waals surface area contributed by atoms with Gasteiger partial charge in [0.05, 0.1) is 24.2 Å². The van der Waals surface area contributed by atoms with E-state index in [1.54, 1.807) is 17.5 Å². The summed E-state index contributed by atoms with van der Waals surface area (Å²) in [6, 6.07) is 3.42. The van der Waals surface area contributed by atoms with E-state index in [1.165, 1.54) is 30.2 Å². The van der Waals surface area contributed by atoms with Crippen molar-refractivity contribution in [3.63, 3.8) is 0 Å². The van der Waals surface area contributed by atoms with Crippen LogP contribution in [-0.4, -0.2) is 35.9 Å². The molecule has 0 radical (unpaired) electrons. The molecule has 1 heterocycles. The number of methoxy groups -OCH3 is 1. The number of thioether (sulfide) groups is 1. The first-order chi connectivity index (χ1) is 9.52. The van der Waals surface area contributed by atoms with Crippen LogP contribution >= 0.6 is 23.1 Å². The second-order valence-electron chi connectivity index (χ2n) is 3.88. The molecule has 110 valence electrons. The molecule has 2 amide bonds. The molecular formula is C12H16N2O4S2. The Bertz CT molecular complexity index is 462. The highest BCUT2D eigenvalue weighted by Gasteiger charge is 2.12. The van der Waals surface area contributed by atoms with E-state index in [-0.39, 0.29) is 35.2 Å². The van der Waals surface area contributed by atoms with E-state index in [2.05, 4.69) is 15.6 Å². The molecule has 1 aromatic rings. The number of thiophene rings is 1. The first kappa shape index (κ1) is 16.5. The van der Waals surface area contributed by atoms with Crippen molar-refractivity contribution in [1.82, 2.24) is 10.9 Å². The van der Waals surface area contributed by atoms with Gasteiger partial charge in [0.15, 0.2) is 0 Å². The highest BCUT2D eigenvalue weighted by molar-refractivity contribution is 8.00. The standard InChI is InChI=1S/C12H16N2O4S2/c1-8(6-11(16)18-2)20-7-10(15)13-14-12(17)9-4-3-5-19-9/h3-5,8H,6-7H2,1-2H3,(H,13,15)(H,14,17). The molecule has 0 aliphatic heterocycles. The Kier molecular flexibility index (Phi) is 7.10. The summed E-state index contributed by atoms with van der Waals surface area (Å²) in [4.78, 5) is 34.6. The van der Waals surface area contributed by atoms with Crippen LogP contribution < -0.4 is 10.9 Å². The molecule has 8 heteroatoms. The van der Waals surface area contributed by atoms with E-state index in [1.807, 2.05) is 6.92 Å². The van der Waals surface area contributed by atoms with Gasteiger partial charge in [0, 0.05) is 5.25 Å². The van der Waals surface area contributed by atoms with Crippen molar-refractivity contribution in [3.05, 3.63) is 22.4 Å². The lowest BCUT2D eigenvalue weighted by molar-refractivity contribution is -0.140. The molecule has 6 nitrogen and oxygen atoms in total. The van der Waals surface area contributed by atoms with Crippen LogP contribution in [0.4, 0.5) is 0 Å². The van der Waals surface area contributed by atoms with Gasteiger partial charge in [-0.15, -0.1) is 23.1 Å². The van der Waals surface area contributed by atoms with Crippen molar-refractivity contribution >= 4 is 40.9 Å². The molecule has 20 heavy (non-hydrogen) atoms. The minimum Gasteiger partial charge on any atom is -0.469 e. The SMILES string of the molecule is COC(=O)CC(C)SCC(=O)NNC(=O)c1cccs1. The molecule has 1 unspecified atom stereocenters. The van der Waals surface area contributed by atoms with Crippen molar-refractivity contribution in [2.24, 2.45) is 0 Å². The molecule has 0 aliphatic rings. The summed E-state index contributed by atoms with van der Waals surface area (Å²) in [5.41, 5.74) is 4.65. The van der Waals surface area contributed by atoms with E-state index >= 15 is 0 Å². The van der Waals surface area contributed by atoms with Gasteiger partial charge in [-0.3, -0.25) is 25.2 Å². The van der Waals surface area contributed by atoms with Crippen LogP contribution in [0, 0.1) is 0 Å². The molecule has 0 fully saturated rings. The van der Waals surface area contributed by atoms with Gasteiger partial charge in [-0.1, -0.05) is 13.0 Å². The zero-order valence-electron chi connectivity index (χ0n) is 11.2. The van der Waals surface area contributed by atoms with E-state index in [0.717, 1.165) is 0 Å². The van der Waals surface area contributed by atoms with Crippen molar-refractivity contribution in [1.29, 1.82) is 0 Å². The molecule has 0 saturated heterocycles. The van der Waals surface area contributed by atoms with Gasteiger partial charge < -0.3 is 4.74 Å². The molecule has 0 bridgehead atoms. The number of amides is 2.